The molecule has 0 aliphatic rings. The van der Waals surface area contributed by atoms with Crippen molar-refractivity contribution in [1.82, 2.24) is 0 Å². The van der Waals surface area contributed by atoms with E-state index in [0.29, 0.717) is 4.47 Å². The number of hydrogen-bond acceptors (Lipinski definition) is 2. The lowest BCUT2D eigenvalue weighted by Crippen LogP contribution is -2.11. The monoisotopic (exact) mass is 321 g/mol. The minimum Gasteiger partial charge on any atom is -0.320 e. The molecule has 1 aromatic carbocycles. The highest BCUT2D eigenvalue weighted by atomic mass is 79.9. The molecule has 0 saturated carbocycles. The van der Waals surface area contributed by atoms with Gasteiger partial charge in [0.15, 0.2) is 0 Å². The zero-order chi connectivity index (χ0) is 10.8. The summed E-state index contributed by atoms with van der Waals surface area (Å²) in [4.78, 5) is 0. The van der Waals surface area contributed by atoms with Crippen molar-refractivity contribution in [3.63, 3.8) is 0 Å². The van der Waals surface area contributed by atoms with Gasteiger partial charge in [-0.1, -0.05) is 22.0 Å². The first-order valence-electron chi connectivity index (χ1n) is 4.41. The second kappa shape index (κ2) is 5.77. The summed E-state index contributed by atoms with van der Waals surface area (Å²) in [5.41, 5.74) is 8.01. The van der Waals surface area contributed by atoms with Gasteiger partial charge in [0.1, 0.15) is 5.82 Å². The van der Waals surface area contributed by atoms with Crippen molar-refractivity contribution in [3.05, 3.63) is 56.4 Å². The van der Waals surface area contributed by atoms with Crippen molar-refractivity contribution in [2.45, 2.75) is 6.04 Å². The normalized spacial score (nSPS) is 11.9. The fraction of sp³-hybridized carbons (Fsp3) is 0.0909. The van der Waals surface area contributed by atoms with Crippen LogP contribution in [0.15, 0.2) is 39.5 Å². The summed E-state index contributed by atoms with van der Waals surface area (Å²) in [6.07, 6.45) is 0. The van der Waals surface area contributed by atoms with Gasteiger partial charge in [-0.2, -0.15) is 11.3 Å². The van der Waals surface area contributed by atoms with Crippen molar-refractivity contribution in [2.24, 2.45) is 5.73 Å². The molecule has 1 atom stereocenters. The Labute approximate surface area is 112 Å². The second-order valence-corrected chi connectivity index (χ2v) is 4.83. The summed E-state index contributed by atoms with van der Waals surface area (Å²) in [6, 6.07) is 6.34. The Bertz CT molecular complexity index is 461. The molecule has 5 heteroatoms. The number of halogens is 3. The summed E-state index contributed by atoms with van der Waals surface area (Å²) in [5.74, 6) is -0.261. The van der Waals surface area contributed by atoms with Crippen LogP contribution in [0.1, 0.15) is 17.2 Å². The largest absolute Gasteiger partial charge is 0.320 e. The van der Waals surface area contributed by atoms with E-state index < -0.39 is 0 Å². The predicted molar refractivity (Wildman–Crippen MR) is 71.7 cm³/mol. The van der Waals surface area contributed by atoms with Gasteiger partial charge in [0.25, 0.3) is 0 Å². The molecule has 2 N–H and O–H groups in total. The molecule has 1 heterocycles. The van der Waals surface area contributed by atoms with E-state index in [1.807, 2.05) is 16.8 Å². The number of thiophene rings is 1. The minimum absolute atomic E-state index is 0. The molecular formula is C11H10BrClFNS. The first kappa shape index (κ1) is 13.6. The van der Waals surface area contributed by atoms with E-state index in [1.54, 1.807) is 17.4 Å². The number of benzene rings is 1. The highest BCUT2D eigenvalue weighted by Crippen LogP contribution is 2.28. The molecule has 16 heavy (non-hydrogen) atoms. The molecule has 1 aromatic heterocycles. The third-order valence-corrected chi connectivity index (χ3v) is 3.59. The number of nitrogens with two attached hydrogens (primary N) is 1. The number of hydrogen-bond donors (Lipinski definition) is 1. The van der Waals surface area contributed by atoms with Crippen LogP contribution in [0.2, 0.25) is 0 Å². The third-order valence-electron chi connectivity index (χ3n) is 2.20. The van der Waals surface area contributed by atoms with Gasteiger partial charge in [-0.25, -0.2) is 4.39 Å². The molecule has 2 rings (SSSR count). The lowest BCUT2D eigenvalue weighted by molar-refractivity contribution is 0.625. The van der Waals surface area contributed by atoms with Gasteiger partial charge in [0.05, 0.1) is 6.04 Å². The van der Waals surface area contributed by atoms with E-state index in [1.165, 1.54) is 12.1 Å². The SMILES string of the molecule is Cl.N[C@@H](c1ccsc1)c1ccc(F)cc1Br. The van der Waals surface area contributed by atoms with Crippen LogP contribution in [0.3, 0.4) is 0 Å². The summed E-state index contributed by atoms with van der Waals surface area (Å²) in [5, 5.41) is 3.98. The van der Waals surface area contributed by atoms with Crippen LogP contribution in [0.25, 0.3) is 0 Å². The first-order chi connectivity index (χ1) is 7.18. The van der Waals surface area contributed by atoms with Crippen molar-refractivity contribution in [1.29, 1.82) is 0 Å². The lowest BCUT2D eigenvalue weighted by Gasteiger charge is -2.12. The molecule has 0 radical (unpaired) electrons. The quantitative estimate of drug-likeness (QED) is 0.884. The average molecular weight is 323 g/mol. The van der Waals surface area contributed by atoms with Gasteiger partial charge in [-0.05, 0) is 40.1 Å². The molecule has 0 spiro atoms. The van der Waals surface area contributed by atoms with Gasteiger partial charge in [-0.3, -0.25) is 0 Å². The van der Waals surface area contributed by atoms with E-state index in [2.05, 4.69) is 15.9 Å². The minimum atomic E-state index is -0.261. The second-order valence-electron chi connectivity index (χ2n) is 3.20. The molecule has 0 saturated heterocycles. The van der Waals surface area contributed by atoms with Crippen LogP contribution in [-0.2, 0) is 0 Å². The summed E-state index contributed by atoms with van der Waals surface area (Å²) in [7, 11) is 0. The lowest BCUT2D eigenvalue weighted by atomic mass is 10.0. The molecule has 0 fully saturated rings. The molecule has 0 aliphatic carbocycles. The topological polar surface area (TPSA) is 26.0 Å². The van der Waals surface area contributed by atoms with Crippen LogP contribution in [0, 0.1) is 5.82 Å². The van der Waals surface area contributed by atoms with E-state index >= 15 is 0 Å². The number of rotatable bonds is 2. The summed E-state index contributed by atoms with van der Waals surface area (Å²) in [6.45, 7) is 0. The highest BCUT2D eigenvalue weighted by molar-refractivity contribution is 9.10. The molecule has 2 aromatic rings. The van der Waals surface area contributed by atoms with Gasteiger partial charge in [0.2, 0.25) is 0 Å². The predicted octanol–water partition coefficient (Wildman–Crippen LogP) is 4.12. The molecular weight excluding hydrogens is 313 g/mol. The van der Waals surface area contributed by atoms with E-state index in [0.717, 1.165) is 11.1 Å². The Morgan fingerprint density at radius 1 is 1.31 bits per heavy atom. The van der Waals surface area contributed by atoms with Crippen molar-refractivity contribution < 1.29 is 4.39 Å². The average Bonchev–Trinajstić information content (AvgIpc) is 2.69. The zero-order valence-electron chi connectivity index (χ0n) is 8.19. The third kappa shape index (κ3) is 2.83. The van der Waals surface area contributed by atoms with E-state index in [9.17, 15) is 4.39 Å². The van der Waals surface area contributed by atoms with Crippen LogP contribution in [0.4, 0.5) is 4.39 Å². The maximum Gasteiger partial charge on any atom is 0.124 e. The Balaban J connectivity index is 0.00000128. The van der Waals surface area contributed by atoms with Crippen molar-refractivity contribution in [2.75, 3.05) is 0 Å². The summed E-state index contributed by atoms with van der Waals surface area (Å²) < 4.78 is 13.6. The smallest absolute Gasteiger partial charge is 0.124 e. The van der Waals surface area contributed by atoms with Crippen LogP contribution in [0.5, 0.6) is 0 Å². The molecule has 86 valence electrons. The molecule has 1 nitrogen and oxygen atoms in total. The molecule has 0 aliphatic heterocycles. The molecule has 0 amide bonds. The molecule has 0 bridgehead atoms. The fourth-order valence-electron chi connectivity index (χ4n) is 1.39. The Morgan fingerprint density at radius 2 is 2.06 bits per heavy atom. The van der Waals surface area contributed by atoms with E-state index in [4.69, 9.17) is 5.73 Å². The van der Waals surface area contributed by atoms with Crippen LogP contribution >= 0.6 is 39.7 Å². The van der Waals surface area contributed by atoms with Crippen LogP contribution < -0.4 is 5.73 Å². The Kier molecular flexibility index (Phi) is 4.92. The van der Waals surface area contributed by atoms with Gasteiger partial charge >= 0.3 is 0 Å². The highest BCUT2D eigenvalue weighted by Gasteiger charge is 2.12. The van der Waals surface area contributed by atoms with Gasteiger partial charge in [0, 0.05) is 4.47 Å². The van der Waals surface area contributed by atoms with Crippen LogP contribution in [-0.4, -0.2) is 0 Å². The van der Waals surface area contributed by atoms with Gasteiger partial charge < -0.3 is 5.73 Å². The Hall–Kier alpha value is -0.420. The maximum absolute atomic E-state index is 12.9. The zero-order valence-corrected chi connectivity index (χ0v) is 11.4. The summed E-state index contributed by atoms with van der Waals surface area (Å²) >= 11 is 4.92. The first-order valence-corrected chi connectivity index (χ1v) is 6.14. The molecule has 0 unspecified atom stereocenters. The Morgan fingerprint density at radius 3 is 2.62 bits per heavy atom. The fourth-order valence-corrected chi connectivity index (χ4v) is 2.68. The van der Waals surface area contributed by atoms with Crippen molar-refractivity contribution in [3.8, 4) is 0 Å². The standard InChI is InChI=1S/C11H9BrFNS.ClH/c12-10-5-8(13)1-2-9(10)11(14)7-3-4-15-6-7;/h1-6,11H,14H2;1H/t11-;/m0./s1. The van der Waals surface area contributed by atoms with E-state index in [-0.39, 0.29) is 24.3 Å². The van der Waals surface area contributed by atoms with Gasteiger partial charge in [-0.15, -0.1) is 12.4 Å². The van der Waals surface area contributed by atoms with Crippen molar-refractivity contribution >= 4 is 39.7 Å². The maximum atomic E-state index is 12.9.